The molecule has 0 spiro atoms. The molecule has 1 aromatic carbocycles. The van der Waals surface area contributed by atoms with Gasteiger partial charge in [0.25, 0.3) is 0 Å². The molecule has 0 aliphatic carbocycles. The third kappa shape index (κ3) is 1.71. The van der Waals surface area contributed by atoms with Gasteiger partial charge in [-0.2, -0.15) is 0 Å². The number of rotatable bonds is 2. The zero-order chi connectivity index (χ0) is 8.27. The van der Waals surface area contributed by atoms with Crippen molar-refractivity contribution in [3.8, 4) is 0 Å². The topological polar surface area (TPSA) is 17.1 Å². The van der Waals surface area contributed by atoms with E-state index in [1.165, 1.54) is 0 Å². The molecular formula is C9H8OS. The van der Waals surface area contributed by atoms with Crippen molar-refractivity contribution >= 4 is 23.8 Å². The molecule has 1 nitrogen and oxygen atoms in total. The Bertz CT molecular complexity index is 291. The molecule has 56 valence electrons. The van der Waals surface area contributed by atoms with E-state index in [1.54, 1.807) is 18.2 Å². The fraction of sp³-hybridized carbons (Fsp3) is 0. The molecule has 0 amide bonds. The SMILES string of the molecule is C=Cc1ccccc1C(=O)S. The Kier molecular flexibility index (Phi) is 2.49. The van der Waals surface area contributed by atoms with E-state index in [4.69, 9.17) is 0 Å². The van der Waals surface area contributed by atoms with E-state index >= 15 is 0 Å². The molecule has 0 saturated heterocycles. The van der Waals surface area contributed by atoms with Crippen LogP contribution in [-0.4, -0.2) is 5.12 Å². The number of benzene rings is 1. The van der Waals surface area contributed by atoms with Crippen molar-refractivity contribution in [2.24, 2.45) is 0 Å². The smallest absolute Gasteiger partial charge is 0.216 e. The molecule has 0 aromatic heterocycles. The molecule has 0 saturated carbocycles. The van der Waals surface area contributed by atoms with Crippen molar-refractivity contribution in [3.63, 3.8) is 0 Å². The van der Waals surface area contributed by atoms with Crippen LogP contribution in [0.2, 0.25) is 0 Å². The minimum Gasteiger partial charge on any atom is -0.282 e. The van der Waals surface area contributed by atoms with Gasteiger partial charge in [-0.3, -0.25) is 4.79 Å². The maximum absolute atomic E-state index is 10.8. The summed E-state index contributed by atoms with van der Waals surface area (Å²) in [6.45, 7) is 3.59. The van der Waals surface area contributed by atoms with E-state index in [-0.39, 0.29) is 5.12 Å². The Hall–Kier alpha value is -1.02. The second-order valence-electron chi connectivity index (χ2n) is 2.10. The summed E-state index contributed by atoms with van der Waals surface area (Å²) in [6.07, 6.45) is 1.64. The van der Waals surface area contributed by atoms with Crippen molar-refractivity contribution in [1.82, 2.24) is 0 Å². The Morgan fingerprint density at radius 1 is 1.45 bits per heavy atom. The first-order valence-corrected chi connectivity index (χ1v) is 3.65. The maximum Gasteiger partial charge on any atom is 0.216 e. The summed E-state index contributed by atoms with van der Waals surface area (Å²) in [5.74, 6) is 0. The van der Waals surface area contributed by atoms with Gasteiger partial charge in [-0.25, -0.2) is 0 Å². The van der Waals surface area contributed by atoms with E-state index in [9.17, 15) is 4.79 Å². The lowest BCUT2D eigenvalue weighted by Crippen LogP contribution is -1.91. The average Bonchev–Trinajstić information content (AvgIpc) is 2.04. The van der Waals surface area contributed by atoms with Gasteiger partial charge in [-0.05, 0) is 11.6 Å². The number of hydrogen-bond donors (Lipinski definition) is 1. The second kappa shape index (κ2) is 3.39. The molecule has 0 unspecified atom stereocenters. The standard InChI is InChI=1S/C9H8OS/c1-2-7-5-3-4-6-8(7)9(10)11/h2-6H,1H2,(H,10,11). The van der Waals surface area contributed by atoms with Crippen LogP contribution >= 0.6 is 12.6 Å². The molecule has 0 aliphatic heterocycles. The highest BCUT2D eigenvalue weighted by molar-refractivity contribution is 7.97. The van der Waals surface area contributed by atoms with Crippen molar-refractivity contribution in [3.05, 3.63) is 42.0 Å². The molecule has 0 radical (unpaired) electrons. The maximum atomic E-state index is 10.8. The fourth-order valence-electron chi connectivity index (χ4n) is 0.870. The minimum absolute atomic E-state index is 0.222. The predicted octanol–water partition coefficient (Wildman–Crippen LogP) is 2.40. The van der Waals surface area contributed by atoms with Gasteiger partial charge in [0.15, 0.2) is 0 Å². The molecule has 2 heteroatoms. The van der Waals surface area contributed by atoms with Crippen LogP contribution in [0.25, 0.3) is 6.08 Å². The number of carbonyl (C=O) groups is 1. The van der Waals surface area contributed by atoms with Crippen molar-refractivity contribution in [2.75, 3.05) is 0 Å². The van der Waals surface area contributed by atoms with Crippen molar-refractivity contribution in [1.29, 1.82) is 0 Å². The summed E-state index contributed by atoms with van der Waals surface area (Å²) in [6, 6.07) is 7.22. The van der Waals surface area contributed by atoms with Crippen LogP contribution in [0, 0.1) is 0 Å². The summed E-state index contributed by atoms with van der Waals surface area (Å²) < 4.78 is 0. The highest BCUT2D eigenvalue weighted by atomic mass is 32.1. The summed E-state index contributed by atoms with van der Waals surface area (Å²) >= 11 is 3.72. The second-order valence-corrected chi connectivity index (χ2v) is 2.50. The van der Waals surface area contributed by atoms with Crippen LogP contribution in [0.3, 0.4) is 0 Å². The Morgan fingerprint density at radius 2 is 2.09 bits per heavy atom. The summed E-state index contributed by atoms with van der Waals surface area (Å²) in [5.41, 5.74) is 1.43. The van der Waals surface area contributed by atoms with Crippen LogP contribution in [0.15, 0.2) is 30.8 Å². The third-order valence-corrected chi connectivity index (χ3v) is 1.65. The van der Waals surface area contributed by atoms with Crippen molar-refractivity contribution < 1.29 is 4.79 Å². The predicted molar refractivity (Wildman–Crippen MR) is 49.8 cm³/mol. The van der Waals surface area contributed by atoms with Gasteiger partial charge in [-0.15, -0.1) is 12.6 Å². The van der Waals surface area contributed by atoms with Crippen LogP contribution in [0.4, 0.5) is 0 Å². The van der Waals surface area contributed by atoms with Gasteiger partial charge in [0.1, 0.15) is 0 Å². The van der Waals surface area contributed by atoms with Gasteiger partial charge in [0, 0.05) is 5.56 Å². The van der Waals surface area contributed by atoms with E-state index in [1.807, 2.05) is 12.1 Å². The zero-order valence-corrected chi connectivity index (χ0v) is 6.84. The molecule has 0 fully saturated rings. The molecule has 0 atom stereocenters. The van der Waals surface area contributed by atoms with Gasteiger partial charge in [0.2, 0.25) is 5.12 Å². The molecule has 1 rings (SSSR count). The third-order valence-electron chi connectivity index (χ3n) is 1.41. The highest BCUT2D eigenvalue weighted by Crippen LogP contribution is 2.11. The van der Waals surface area contributed by atoms with E-state index in [2.05, 4.69) is 19.2 Å². The number of thiol groups is 1. The molecule has 11 heavy (non-hydrogen) atoms. The van der Waals surface area contributed by atoms with Crippen LogP contribution in [0.5, 0.6) is 0 Å². The van der Waals surface area contributed by atoms with E-state index < -0.39 is 0 Å². The monoisotopic (exact) mass is 164 g/mol. The average molecular weight is 164 g/mol. The summed E-state index contributed by atoms with van der Waals surface area (Å²) in [4.78, 5) is 10.8. The molecule has 0 heterocycles. The van der Waals surface area contributed by atoms with E-state index in [0.29, 0.717) is 5.56 Å². The normalized spacial score (nSPS) is 9.18. The number of hydrogen-bond acceptors (Lipinski definition) is 1. The Balaban J connectivity index is 3.22. The van der Waals surface area contributed by atoms with Gasteiger partial charge in [-0.1, -0.05) is 30.9 Å². The largest absolute Gasteiger partial charge is 0.282 e. The first kappa shape index (κ1) is 8.08. The molecule has 0 N–H and O–H groups in total. The summed E-state index contributed by atoms with van der Waals surface area (Å²) in [7, 11) is 0. The number of carbonyl (C=O) groups excluding carboxylic acids is 1. The quantitative estimate of drug-likeness (QED) is 0.664. The van der Waals surface area contributed by atoms with Gasteiger partial charge >= 0.3 is 0 Å². The van der Waals surface area contributed by atoms with Crippen LogP contribution in [0.1, 0.15) is 15.9 Å². The zero-order valence-electron chi connectivity index (χ0n) is 5.95. The van der Waals surface area contributed by atoms with Gasteiger partial charge in [0.05, 0.1) is 0 Å². The van der Waals surface area contributed by atoms with Crippen molar-refractivity contribution in [2.45, 2.75) is 0 Å². The highest BCUT2D eigenvalue weighted by Gasteiger charge is 2.02. The fourth-order valence-corrected chi connectivity index (χ4v) is 1.07. The lowest BCUT2D eigenvalue weighted by Gasteiger charge is -1.98. The van der Waals surface area contributed by atoms with Gasteiger partial charge < -0.3 is 0 Å². The van der Waals surface area contributed by atoms with Crippen LogP contribution in [-0.2, 0) is 0 Å². The Labute approximate surface area is 71.2 Å². The van der Waals surface area contributed by atoms with E-state index in [0.717, 1.165) is 5.56 Å². The molecule has 1 aromatic rings. The molecule has 0 bridgehead atoms. The first-order valence-electron chi connectivity index (χ1n) is 3.20. The lowest BCUT2D eigenvalue weighted by atomic mass is 10.1. The summed E-state index contributed by atoms with van der Waals surface area (Å²) in [5, 5.41) is -0.222. The Morgan fingerprint density at radius 3 is 2.55 bits per heavy atom. The first-order chi connectivity index (χ1) is 5.25. The molecule has 0 aliphatic rings. The minimum atomic E-state index is -0.222. The molecular weight excluding hydrogens is 156 g/mol. The van der Waals surface area contributed by atoms with Crippen LogP contribution < -0.4 is 0 Å². The lowest BCUT2D eigenvalue weighted by molar-refractivity contribution is 0.109.